The molecule has 2 atom stereocenters. The Bertz CT molecular complexity index is 838. The minimum atomic E-state index is -0.229. The number of H-pyrrole nitrogens is 1. The van der Waals surface area contributed by atoms with Gasteiger partial charge < -0.3 is 10.6 Å². The standard InChI is InChI=1S/C19H22N4O2/c1-10-8-15(10)19(25)20-14-5-3-4-13(9-14)18(24)21-17-11(2)16(22-23-17)12-6-7-12/h3-5,9-10,12,15H,6-8H2,1-2H3,(H,20,25)(H2,21,22,23,24)/t10-,15-/m0/s1. The molecule has 25 heavy (non-hydrogen) atoms. The minimum absolute atomic E-state index is 0.0299. The van der Waals surface area contributed by atoms with E-state index in [2.05, 4.69) is 27.8 Å². The molecule has 0 spiro atoms. The Morgan fingerprint density at radius 1 is 1.24 bits per heavy atom. The number of aromatic nitrogens is 2. The summed E-state index contributed by atoms with van der Waals surface area (Å²) < 4.78 is 0. The summed E-state index contributed by atoms with van der Waals surface area (Å²) in [5.74, 6) is 1.49. The van der Waals surface area contributed by atoms with Crippen LogP contribution in [0, 0.1) is 18.8 Å². The molecule has 6 heteroatoms. The van der Waals surface area contributed by atoms with Gasteiger partial charge in [-0.3, -0.25) is 14.7 Å². The molecule has 2 aliphatic carbocycles. The first-order valence-electron chi connectivity index (χ1n) is 8.80. The largest absolute Gasteiger partial charge is 0.326 e. The molecule has 2 saturated carbocycles. The number of carbonyl (C=O) groups is 2. The predicted octanol–water partition coefficient (Wildman–Crippen LogP) is 3.44. The molecule has 3 N–H and O–H groups in total. The zero-order valence-corrected chi connectivity index (χ0v) is 14.4. The topological polar surface area (TPSA) is 86.9 Å². The van der Waals surface area contributed by atoms with E-state index in [0.717, 1.165) is 17.7 Å². The third kappa shape index (κ3) is 3.29. The van der Waals surface area contributed by atoms with E-state index in [0.29, 0.717) is 28.9 Å². The second-order valence-electron chi connectivity index (χ2n) is 7.23. The Kier molecular flexibility index (Phi) is 3.82. The fraction of sp³-hybridized carbons (Fsp3) is 0.421. The number of nitrogens with zero attached hydrogens (tertiary/aromatic N) is 1. The number of amides is 2. The normalized spacial score (nSPS) is 21.7. The van der Waals surface area contributed by atoms with Crippen LogP contribution in [0.1, 0.15) is 53.7 Å². The number of hydrogen-bond acceptors (Lipinski definition) is 3. The molecule has 0 unspecified atom stereocenters. The highest BCUT2D eigenvalue weighted by Crippen LogP contribution is 2.41. The average Bonchev–Trinajstić information content (AvgIpc) is 3.51. The number of benzene rings is 1. The molecule has 0 saturated heterocycles. The van der Waals surface area contributed by atoms with E-state index in [1.807, 2.05) is 6.92 Å². The van der Waals surface area contributed by atoms with Crippen LogP contribution in [0.2, 0.25) is 0 Å². The summed E-state index contributed by atoms with van der Waals surface area (Å²) in [5.41, 5.74) is 3.27. The maximum Gasteiger partial charge on any atom is 0.256 e. The highest BCUT2D eigenvalue weighted by molar-refractivity contribution is 6.05. The Morgan fingerprint density at radius 2 is 2.00 bits per heavy atom. The monoisotopic (exact) mass is 338 g/mol. The Hall–Kier alpha value is -2.63. The number of anilines is 2. The van der Waals surface area contributed by atoms with Crippen molar-refractivity contribution in [1.29, 1.82) is 0 Å². The number of hydrogen-bond donors (Lipinski definition) is 3. The van der Waals surface area contributed by atoms with Gasteiger partial charge in [-0.05, 0) is 50.3 Å². The first-order valence-corrected chi connectivity index (χ1v) is 8.80. The molecule has 2 fully saturated rings. The second-order valence-corrected chi connectivity index (χ2v) is 7.23. The summed E-state index contributed by atoms with van der Waals surface area (Å²) in [6.07, 6.45) is 3.29. The summed E-state index contributed by atoms with van der Waals surface area (Å²) >= 11 is 0. The molecule has 0 bridgehead atoms. The van der Waals surface area contributed by atoms with Crippen molar-refractivity contribution in [2.75, 3.05) is 10.6 Å². The lowest BCUT2D eigenvalue weighted by atomic mass is 10.1. The van der Waals surface area contributed by atoms with Crippen molar-refractivity contribution >= 4 is 23.3 Å². The van der Waals surface area contributed by atoms with Gasteiger partial charge in [0.1, 0.15) is 0 Å². The van der Waals surface area contributed by atoms with E-state index in [-0.39, 0.29) is 17.7 Å². The fourth-order valence-electron chi connectivity index (χ4n) is 3.14. The zero-order chi connectivity index (χ0) is 17.6. The van der Waals surface area contributed by atoms with Gasteiger partial charge in [0.15, 0.2) is 5.82 Å². The van der Waals surface area contributed by atoms with Crippen LogP contribution in [-0.2, 0) is 4.79 Å². The minimum Gasteiger partial charge on any atom is -0.326 e. The number of nitrogens with one attached hydrogen (secondary N) is 3. The quantitative estimate of drug-likeness (QED) is 0.780. The molecule has 2 aromatic rings. The first-order chi connectivity index (χ1) is 12.0. The molecule has 1 aromatic carbocycles. The summed E-state index contributed by atoms with van der Waals surface area (Å²) in [7, 11) is 0. The van der Waals surface area contributed by atoms with Gasteiger partial charge in [0.05, 0.1) is 0 Å². The lowest BCUT2D eigenvalue weighted by Crippen LogP contribution is -2.16. The van der Waals surface area contributed by atoms with Gasteiger partial charge in [-0.15, -0.1) is 0 Å². The molecule has 6 nitrogen and oxygen atoms in total. The molecule has 0 radical (unpaired) electrons. The van der Waals surface area contributed by atoms with E-state index in [1.54, 1.807) is 24.3 Å². The molecule has 2 amide bonds. The number of rotatable bonds is 5. The second kappa shape index (κ2) is 6.02. The van der Waals surface area contributed by atoms with Gasteiger partial charge in [0, 0.05) is 34.3 Å². The highest BCUT2D eigenvalue weighted by Gasteiger charge is 2.39. The molecule has 0 aliphatic heterocycles. The van der Waals surface area contributed by atoms with Crippen molar-refractivity contribution in [3.05, 3.63) is 41.1 Å². The fourth-order valence-corrected chi connectivity index (χ4v) is 3.14. The average molecular weight is 338 g/mol. The van der Waals surface area contributed by atoms with Gasteiger partial charge in [-0.1, -0.05) is 13.0 Å². The molecule has 130 valence electrons. The van der Waals surface area contributed by atoms with Crippen molar-refractivity contribution < 1.29 is 9.59 Å². The van der Waals surface area contributed by atoms with Gasteiger partial charge in [-0.2, -0.15) is 5.10 Å². The number of carbonyl (C=O) groups excluding carboxylic acids is 2. The molecule has 1 heterocycles. The lowest BCUT2D eigenvalue weighted by molar-refractivity contribution is -0.117. The first kappa shape index (κ1) is 15.9. The SMILES string of the molecule is Cc1c(NC(=O)c2cccc(NC(=O)[C@H]3C[C@@H]3C)c2)n[nH]c1C1CC1. The van der Waals surface area contributed by atoms with E-state index in [9.17, 15) is 9.59 Å². The van der Waals surface area contributed by atoms with Gasteiger partial charge >= 0.3 is 0 Å². The van der Waals surface area contributed by atoms with Crippen molar-refractivity contribution in [3.8, 4) is 0 Å². The number of aromatic amines is 1. The van der Waals surface area contributed by atoms with E-state index in [4.69, 9.17) is 0 Å². The molecule has 4 rings (SSSR count). The summed E-state index contributed by atoms with van der Waals surface area (Å²) in [4.78, 5) is 24.6. The smallest absolute Gasteiger partial charge is 0.256 e. The van der Waals surface area contributed by atoms with Gasteiger partial charge in [0.25, 0.3) is 5.91 Å². The Balaban J connectivity index is 1.45. The van der Waals surface area contributed by atoms with Crippen LogP contribution in [0.5, 0.6) is 0 Å². The molecular weight excluding hydrogens is 316 g/mol. The van der Waals surface area contributed by atoms with Crippen molar-refractivity contribution in [2.24, 2.45) is 11.8 Å². The summed E-state index contributed by atoms with van der Waals surface area (Å²) in [6, 6.07) is 7.00. The van der Waals surface area contributed by atoms with Crippen LogP contribution in [0.4, 0.5) is 11.5 Å². The third-order valence-electron chi connectivity index (χ3n) is 5.10. The van der Waals surface area contributed by atoms with Crippen LogP contribution in [0.15, 0.2) is 24.3 Å². The maximum absolute atomic E-state index is 12.5. The van der Waals surface area contributed by atoms with Gasteiger partial charge in [-0.25, -0.2) is 0 Å². The van der Waals surface area contributed by atoms with Crippen LogP contribution in [0.25, 0.3) is 0 Å². The molecule has 2 aliphatic rings. The predicted molar refractivity (Wildman–Crippen MR) is 95.6 cm³/mol. The third-order valence-corrected chi connectivity index (χ3v) is 5.10. The Labute approximate surface area is 146 Å². The maximum atomic E-state index is 12.5. The summed E-state index contributed by atoms with van der Waals surface area (Å²) in [5, 5.41) is 13.0. The van der Waals surface area contributed by atoms with Crippen molar-refractivity contribution in [1.82, 2.24) is 10.2 Å². The van der Waals surface area contributed by atoms with Gasteiger partial charge in [0.2, 0.25) is 5.91 Å². The van der Waals surface area contributed by atoms with E-state index < -0.39 is 0 Å². The lowest BCUT2D eigenvalue weighted by Gasteiger charge is -2.08. The Morgan fingerprint density at radius 3 is 2.68 bits per heavy atom. The van der Waals surface area contributed by atoms with Crippen molar-refractivity contribution in [3.63, 3.8) is 0 Å². The van der Waals surface area contributed by atoms with Crippen LogP contribution in [0.3, 0.4) is 0 Å². The van der Waals surface area contributed by atoms with E-state index >= 15 is 0 Å². The highest BCUT2D eigenvalue weighted by atomic mass is 16.2. The van der Waals surface area contributed by atoms with Crippen LogP contribution >= 0.6 is 0 Å². The molecule has 1 aromatic heterocycles. The van der Waals surface area contributed by atoms with E-state index in [1.165, 1.54) is 12.8 Å². The van der Waals surface area contributed by atoms with Crippen molar-refractivity contribution in [2.45, 2.75) is 39.0 Å². The van der Waals surface area contributed by atoms with Crippen LogP contribution in [-0.4, -0.2) is 22.0 Å². The molecular formula is C19H22N4O2. The zero-order valence-electron chi connectivity index (χ0n) is 14.4. The summed E-state index contributed by atoms with van der Waals surface area (Å²) in [6.45, 7) is 4.04. The van der Waals surface area contributed by atoms with Crippen LogP contribution < -0.4 is 10.6 Å².